The first-order chi connectivity index (χ1) is 8.98. The van der Waals surface area contributed by atoms with Crippen LogP contribution in [0.25, 0.3) is 0 Å². The van der Waals surface area contributed by atoms with E-state index in [1.54, 1.807) is 4.90 Å². The molecule has 0 bridgehead atoms. The molecule has 0 saturated carbocycles. The molecule has 1 saturated heterocycles. The minimum Gasteiger partial charge on any atom is -0.449 e. The third-order valence-corrected chi connectivity index (χ3v) is 3.80. The summed E-state index contributed by atoms with van der Waals surface area (Å²) in [5, 5.41) is 0. The number of rotatable bonds is 6. The van der Waals surface area contributed by atoms with Gasteiger partial charge in [-0.25, -0.2) is 8.98 Å². The number of carbonyl (C=O) groups is 1. The Morgan fingerprint density at radius 1 is 1.32 bits per heavy atom. The lowest BCUT2D eigenvalue weighted by atomic mass is 10.1. The third-order valence-electron chi connectivity index (χ3n) is 2.88. The number of ether oxygens (including phenoxy) is 1. The van der Waals surface area contributed by atoms with E-state index in [0.717, 1.165) is 20.0 Å². The van der Waals surface area contributed by atoms with Gasteiger partial charge in [-0.15, -0.1) is 0 Å². The molecule has 112 valence electrons. The van der Waals surface area contributed by atoms with Crippen molar-refractivity contribution in [2.75, 3.05) is 26.8 Å². The van der Waals surface area contributed by atoms with Crippen molar-refractivity contribution in [1.29, 1.82) is 0 Å². The second-order valence-electron chi connectivity index (χ2n) is 4.33. The molecule has 7 nitrogen and oxygen atoms in total. The lowest BCUT2D eigenvalue weighted by Crippen LogP contribution is -2.41. The minimum absolute atomic E-state index is 0.346. The second-order valence-corrected chi connectivity index (χ2v) is 5.67. The van der Waals surface area contributed by atoms with Crippen molar-refractivity contribution in [1.82, 2.24) is 4.90 Å². The van der Waals surface area contributed by atoms with Crippen LogP contribution < -0.4 is 0 Å². The van der Waals surface area contributed by atoms with Crippen LogP contribution in [-0.4, -0.2) is 52.3 Å². The molecule has 19 heavy (non-hydrogen) atoms. The largest absolute Gasteiger partial charge is 0.449 e. The van der Waals surface area contributed by atoms with Crippen molar-refractivity contribution >= 4 is 16.5 Å². The van der Waals surface area contributed by atoms with Crippen molar-refractivity contribution in [2.45, 2.75) is 38.7 Å². The maximum Gasteiger partial charge on any atom is 0.409 e. The molecule has 1 rings (SSSR count). The van der Waals surface area contributed by atoms with Gasteiger partial charge in [0.2, 0.25) is 0 Å². The minimum atomic E-state index is -3.91. The van der Waals surface area contributed by atoms with E-state index in [0.29, 0.717) is 32.5 Å². The highest BCUT2D eigenvalue weighted by Gasteiger charge is 2.27. The van der Waals surface area contributed by atoms with E-state index >= 15 is 0 Å². The van der Waals surface area contributed by atoms with E-state index in [1.807, 2.05) is 6.92 Å². The summed E-state index contributed by atoms with van der Waals surface area (Å²) in [5.74, 6) is 0. The highest BCUT2D eigenvalue weighted by Crippen LogP contribution is 2.17. The molecule has 0 aromatic rings. The zero-order chi connectivity index (χ0) is 14.3. The van der Waals surface area contributed by atoms with Crippen molar-refractivity contribution in [3.63, 3.8) is 0 Å². The van der Waals surface area contributed by atoms with Crippen LogP contribution in [0.15, 0.2) is 0 Å². The maximum absolute atomic E-state index is 11.6. The van der Waals surface area contributed by atoms with Gasteiger partial charge in [-0.1, -0.05) is 13.3 Å². The number of amides is 1. The molecule has 1 fully saturated rings. The predicted molar refractivity (Wildman–Crippen MR) is 67.9 cm³/mol. The molecule has 0 spiro atoms. The average molecular weight is 295 g/mol. The molecule has 1 amide bonds. The molecule has 1 aliphatic heterocycles. The summed E-state index contributed by atoms with van der Waals surface area (Å²) < 4.78 is 36.3. The van der Waals surface area contributed by atoms with E-state index < -0.39 is 16.5 Å². The SMILES string of the molecule is CCCCOC(=O)N1CCC(OS(=O)(=O)OC)CC1. The number of nitrogens with zero attached hydrogens (tertiary/aromatic N) is 1. The average Bonchev–Trinajstić information content (AvgIpc) is 2.39. The molecule has 0 aromatic heterocycles. The predicted octanol–water partition coefficient (Wildman–Crippen LogP) is 1.30. The smallest absolute Gasteiger partial charge is 0.409 e. The standard InChI is InChI=1S/C11H21NO6S/c1-3-4-9-17-11(13)12-7-5-10(6-8-12)18-19(14,15)16-2/h10H,3-9H2,1-2H3. The Kier molecular flexibility index (Phi) is 6.53. The third kappa shape index (κ3) is 5.75. The van der Waals surface area contributed by atoms with Gasteiger partial charge in [0.05, 0.1) is 19.8 Å². The van der Waals surface area contributed by atoms with Gasteiger partial charge in [-0.2, -0.15) is 8.42 Å². The molecular weight excluding hydrogens is 274 g/mol. The van der Waals surface area contributed by atoms with Gasteiger partial charge in [-0.05, 0) is 19.3 Å². The normalized spacial score (nSPS) is 17.5. The fourth-order valence-corrected chi connectivity index (χ4v) is 2.34. The number of piperidine rings is 1. The highest BCUT2D eigenvalue weighted by atomic mass is 32.3. The van der Waals surface area contributed by atoms with E-state index in [9.17, 15) is 13.2 Å². The number of likely N-dealkylation sites (tertiary alicyclic amines) is 1. The Hall–Kier alpha value is -0.860. The Morgan fingerprint density at radius 3 is 2.47 bits per heavy atom. The van der Waals surface area contributed by atoms with Crippen LogP contribution in [0.4, 0.5) is 4.79 Å². The van der Waals surface area contributed by atoms with Gasteiger partial charge in [0.15, 0.2) is 0 Å². The number of hydrogen-bond acceptors (Lipinski definition) is 6. The topological polar surface area (TPSA) is 82.1 Å². The lowest BCUT2D eigenvalue weighted by molar-refractivity contribution is 0.0640. The first-order valence-corrected chi connectivity index (χ1v) is 7.72. The summed E-state index contributed by atoms with van der Waals surface area (Å²) in [6, 6.07) is 0. The van der Waals surface area contributed by atoms with E-state index in [-0.39, 0.29) is 6.09 Å². The summed E-state index contributed by atoms with van der Waals surface area (Å²) in [6.45, 7) is 3.29. The van der Waals surface area contributed by atoms with Gasteiger partial charge in [-0.3, -0.25) is 4.18 Å². The zero-order valence-electron chi connectivity index (χ0n) is 11.3. The van der Waals surface area contributed by atoms with Crippen LogP contribution in [0.1, 0.15) is 32.6 Å². The summed E-state index contributed by atoms with van der Waals surface area (Å²) in [5.41, 5.74) is 0. The molecule has 0 aromatic carbocycles. The maximum atomic E-state index is 11.6. The fraction of sp³-hybridized carbons (Fsp3) is 0.909. The van der Waals surface area contributed by atoms with Gasteiger partial charge in [0.1, 0.15) is 0 Å². The molecule has 1 heterocycles. The summed E-state index contributed by atoms with van der Waals surface area (Å²) in [7, 11) is -2.86. The molecule has 0 aliphatic carbocycles. The monoisotopic (exact) mass is 295 g/mol. The first kappa shape index (κ1) is 16.2. The quantitative estimate of drug-likeness (QED) is 0.687. The summed E-state index contributed by atoms with van der Waals surface area (Å²) in [4.78, 5) is 13.2. The van der Waals surface area contributed by atoms with Crippen LogP contribution in [-0.2, 0) is 23.5 Å². The molecule has 0 unspecified atom stereocenters. The van der Waals surface area contributed by atoms with Crippen molar-refractivity contribution in [2.24, 2.45) is 0 Å². The van der Waals surface area contributed by atoms with E-state index in [1.165, 1.54) is 0 Å². The highest BCUT2D eigenvalue weighted by molar-refractivity contribution is 7.81. The Balaban J connectivity index is 2.30. The van der Waals surface area contributed by atoms with Gasteiger partial charge in [0.25, 0.3) is 0 Å². The van der Waals surface area contributed by atoms with Gasteiger partial charge < -0.3 is 9.64 Å². The Labute approximate surface area is 114 Å². The van der Waals surface area contributed by atoms with E-state index in [2.05, 4.69) is 4.18 Å². The van der Waals surface area contributed by atoms with E-state index in [4.69, 9.17) is 8.92 Å². The van der Waals surface area contributed by atoms with Crippen LogP contribution in [0, 0.1) is 0 Å². The summed E-state index contributed by atoms with van der Waals surface area (Å²) >= 11 is 0. The van der Waals surface area contributed by atoms with Gasteiger partial charge >= 0.3 is 16.5 Å². The summed E-state index contributed by atoms with van der Waals surface area (Å²) in [6.07, 6.45) is 1.93. The molecule has 0 N–H and O–H groups in total. The molecular formula is C11H21NO6S. The molecule has 0 atom stereocenters. The number of unbranched alkanes of at least 4 members (excludes halogenated alkanes) is 1. The Morgan fingerprint density at radius 2 is 1.95 bits per heavy atom. The van der Waals surface area contributed by atoms with Crippen molar-refractivity contribution in [3.8, 4) is 0 Å². The number of hydrogen-bond donors (Lipinski definition) is 0. The molecule has 1 aliphatic rings. The second kappa shape index (κ2) is 7.66. The van der Waals surface area contributed by atoms with Crippen molar-refractivity contribution in [3.05, 3.63) is 0 Å². The van der Waals surface area contributed by atoms with Crippen LogP contribution >= 0.6 is 0 Å². The molecule has 8 heteroatoms. The zero-order valence-corrected chi connectivity index (χ0v) is 12.1. The lowest BCUT2D eigenvalue weighted by Gasteiger charge is -2.30. The van der Waals surface area contributed by atoms with Gasteiger partial charge in [0, 0.05) is 13.1 Å². The first-order valence-electron chi connectivity index (χ1n) is 6.39. The fourth-order valence-electron chi connectivity index (χ4n) is 1.74. The van der Waals surface area contributed by atoms with Crippen LogP contribution in [0.5, 0.6) is 0 Å². The Bertz CT molecular complexity index is 375. The van der Waals surface area contributed by atoms with Crippen molar-refractivity contribution < 1.29 is 26.3 Å². The van der Waals surface area contributed by atoms with Crippen LogP contribution in [0.3, 0.4) is 0 Å². The van der Waals surface area contributed by atoms with Crippen LogP contribution in [0.2, 0.25) is 0 Å². The molecule has 0 radical (unpaired) electrons. The number of carbonyl (C=O) groups excluding carboxylic acids is 1.